The summed E-state index contributed by atoms with van der Waals surface area (Å²) in [5, 5.41) is 2.25. The second-order valence-electron chi connectivity index (χ2n) is 7.16. The number of hydrogen-bond donors (Lipinski definition) is 0. The summed E-state index contributed by atoms with van der Waals surface area (Å²) >= 11 is 20.0. The molecule has 1 aliphatic heterocycles. The predicted molar refractivity (Wildman–Crippen MR) is 129 cm³/mol. The Hall–Kier alpha value is -2.70. The van der Waals surface area contributed by atoms with Crippen molar-refractivity contribution in [2.75, 3.05) is 0 Å². The van der Waals surface area contributed by atoms with Crippen LogP contribution in [0.5, 0.6) is 0 Å². The van der Waals surface area contributed by atoms with E-state index in [1.807, 2.05) is 18.2 Å². The van der Waals surface area contributed by atoms with E-state index in [-0.39, 0.29) is 18.4 Å². The van der Waals surface area contributed by atoms with Crippen LogP contribution < -0.4 is 0 Å². The first-order chi connectivity index (χ1) is 15.4. The van der Waals surface area contributed by atoms with Crippen LogP contribution in [0, 0.1) is 0 Å². The highest BCUT2D eigenvalue weighted by molar-refractivity contribution is 7.15. The molecule has 3 aromatic carbocycles. The van der Waals surface area contributed by atoms with Crippen molar-refractivity contribution in [3.8, 4) is 21.7 Å². The van der Waals surface area contributed by atoms with E-state index in [0.29, 0.717) is 36.9 Å². The molecule has 4 nitrogen and oxygen atoms in total. The van der Waals surface area contributed by atoms with Gasteiger partial charge in [0.1, 0.15) is 5.01 Å². The summed E-state index contributed by atoms with van der Waals surface area (Å²) in [5.74, 6) is -0.639. The van der Waals surface area contributed by atoms with Crippen molar-refractivity contribution in [2.24, 2.45) is 0 Å². The summed E-state index contributed by atoms with van der Waals surface area (Å²) < 4.78 is 0. The molecule has 0 spiro atoms. The van der Waals surface area contributed by atoms with Crippen molar-refractivity contribution < 1.29 is 9.59 Å². The largest absolute Gasteiger partial charge is 0.269 e. The van der Waals surface area contributed by atoms with Crippen molar-refractivity contribution in [2.45, 2.75) is 6.54 Å². The summed E-state index contributed by atoms with van der Waals surface area (Å²) in [6.07, 6.45) is 0. The molecule has 8 heteroatoms. The average molecular weight is 500 g/mol. The summed E-state index contributed by atoms with van der Waals surface area (Å²) in [6, 6.07) is 19.4. The molecular weight excluding hydrogens is 487 g/mol. The van der Waals surface area contributed by atoms with Gasteiger partial charge in [-0.1, -0.05) is 65.1 Å². The molecule has 0 atom stereocenters. The van der Waals surface area contributed by atoms with Crippen LogP contribution in [0.2, 0.25) is 15.1 Å². The molecule has 0 N–H and O–H groups in total. The van der Waals surface area contributed by atoms with Crippen LogP contribution in [-0.2, 0) is 6.54 Å². The Bertz CT molecular complexity index is 1350. The minimum Gasteiger partial charge on any atom is -0.269 e. The number of imide groups is 1. The van der Waals surface area contributed by atoms with Gasteiger partial charge in [0.05, 0.1) is 33.3 Å². The maximum atomic E-state index is 12.8. The number of carbonyl (C=O) groups is 2. The maximum Gasteiger partial charge on any atom is 0.261 e. The molecule has 0 radical (unpaired) electrons. The molecule has 4 aromatic rings. The van der Waals surface area contributed by atoms with Crippen LogP contribution in [0.15, 0.2) is 66.7 Å². The molecule has 0 aliphatic carbocycles. The van der Waals surface area contributed by atoms with Crippen molar-refractivity contribution >= 4 is 58.0 Å². The number of benzene rings is 3. The van der Waals surface area contributed by atoms with Gasteiger partial charge >= 0.3 is 0 Å². The van der Waals surface area contributed by atoms with Gasteiger partial charge in [0.15, 0.2) is 0 Å². The summed E-state index contributed by atoms with van der Waals surface area (Å²) in [4.78, 5) is 32.4. The number of carbonyl (C=O) groups excluding carboxylic acids is 2. The molecule has 0 bridgehead atoms. The van der Waals surface area contributed by atoms with Gasteiger partial charge in [-0.3, -0.25) is 14.5 Å². The van der Waals surface area contributed by atoms with E-state index in [2.05, 4.69) is 0 Å². The Balaban J connectivity index is 1.58. The molecule has 0 saturated heterocycles. The first-order valence-electron chi connectivity index (χ1n) is 9.58. The lowest BCUT2D eigenvalue weighted by Crippen LogP contribution is -2.29. The second-order valence-corrected chi connectivity index (χ2v) is 9.52. The number of fused-ring (bicyclic) bond motifs is 1. The van der Waals surface area contributed by atoms with Crippen LogP contribution in [-0.4, -0.2) is 21.7 Å². The molecule has 0 fully saturated rings. The third-order valence-electron chi connectivity index (χ3n) is 5.14. The van der Waals surface area contributed by atoms with E-state index in [1.54, 1.807) is 48.5 Å². The predicted octanol–water partition coefficient (Wildman–Crippen LogP) is 7.23. The van der Waals surface area contributed by atoms with Crippen LogP contribution in [0.25, 0.3) is 21.7 Å². The number of aromatic nitrogens is 1. The first-order valence-corrected chi connectivity index (χ1v) is 11.5. The van der Waals surface area contributed by atoms with Crippen molar-refractivity contribution in [3.63, 3.8) is 0 Å². The molecule has 5 rings (SSSR count). The van der Waals surface area contributed by atoms with Crippen LogP contribution in [0.4, 0.5) is 0 Å². The Morgan fingerprint density at radius 1 is 0.781 bits per heavy atom. The fourth-order valence-corrected chi connectivity index (χ4v) is 5.41. The SMILES string of the molecule is O=C1c2ccccc2C(=O)N1Cc1nc(-c2ccc(Cl)cc2)c(-c2ccc(Cl)cc2Cl)s1. The monoisotopic (exact) mass is 498 g/mol. The fraction of sp³-hybridized carbons (Fsp3) is 0.0417. The molecule has 1 aromatic heterocycles. The van der Waals surface area contributed by atoms with E-state index >= 15 is 0 Å². The number of hydrogen-bond acceptors (Lipinski definition) is 4. The normalized spacial score (nSPS) is 13.0. The van der Waals surface area contributed by atoms with E-state index in [4.69, 9.17) is 39.8 Å². The lowest BCUT2D eigenvalue weighted by atomic mass is 10.1. The van der Waals surface area contributed by atoms with E-state index in [0.717, 1.165) is 16.0 Å². The highest BCUT2D eigenvalue weighted by atomic mass is 35.5. The van der Waals surface area contributed by atoms with Gasteiger partial charge in [-0.15, -0.1) is 11.3 Å². The summed E-state index contributed by atoms with van der Waals surface area (Å²) in [6.45, 7) is 0.0722. The van der Waals surface area contributed by atoms with E-state index in [1.165, 1.54) is 16.2 Å². The molecule has 0 unspecified atom stereocenters. The highest BCUT2D eigenvalue weighted by Crippen LogP contribution is 2.41. The van der Waals surface area contributed by atoms with Gasteiger partial charge in [0, 0.05) is 21.2 Å². The minimum absolute atomic E-state index is 0.0722. The quantitative estimate of drug-likeness (QED) is 0.278. The standard InChI is InChI=1S/C24H13Cl3N2O2S/c25-14-7-5-13(6-8-14)21-22(18-10-9-15(26)11-19(18)27)32-20(28-21)12-29-23(30)16-3-1-2-4-17(16)24(29)31/h1-11H,12H2. The van der Waals surface area contributed by atoms with Gasteiger partial charge in [-0.25, -0.2) is 4.98 Å². The van der Waals surface area contributed by atoms with Crippen LogP contribution in [0.3, 0.4) is 0 Å². The van der Waals surface area contributed by atoms with E-state index < -0.39 is 0 Å². The van der Waals surface area contributed by atoms with Crippen molar-refractivity contribution in [1.29, 1.82) is 0 Å². The number of halogens is 3. The van der Waals surface area contributed by atoms with Gasteiger partial charge in [0.2, 0.25) is 0 Å². The Kier molecular flexibility index (Phi) is 5.51. The zero-order valence-corrected chi connectivity index (χ0v) is 19.4. The fourth-order valence-electron chi connectivity index (χ4n) is 3.61. The lowest BCUT2D eigenvalue weighted by molar-refractivity contribution is 0.0642. The Morgan fingerprint density at radius 2 is 1.41 bits per heavy atom. The molecule has 158 valence electrons. The average Bonchev–Trinajstić information content (AvgIpc) is 3.30. The van der Waals surface area contributed by atoms with Crippen molar-refractivity contribution in [1.82, 2.24) is 9.88 Å². The molecular formula is C24H13Cl3N2O2S. The summed E-state index contributed by atoms with van der Waals surface area (Å²) in [7, 11) is 0. The molecule has 0 saturated carbocycles. The smallest absolute Gasteiger partial charge is 0.261 e. The molecule has 2 heterocycles. The van der Waals surface area contributed by atoms with Crippen molar-refractivity contribution in [3.05, 3.63) is 97.9 Å². The molecule has 1 aliphatic rings. The number of nitrogens with zero attached hydrogens (tertiary/aromatic N) is 2. The number of amides is 2. The number of rotatable bonds is 4. The van der Waals surface area contributed by atoms with Crippen LogP contribution >= 0.6 is 46.1 Å². The summed E-state index contributed by atoms with van der Waals surface area (Å²) in [5.41, 5.74) is 3.14. The first kappa shape index (κ1) is 21.2. The Labute approximate surface area is 203 Å². The molecule has 32 heavy (non-hydrogen) atoms. The minimum atomic E-state index is -0.320. The van der Waals surface area contributed by atoms with Crippen LogP contribution in [0.1, 0.15) is 25.7 Å². The van der Waals surface area contributed by atoms with Gasteiger partial charge in [0.25, 0.3) is 11.8 Å². The third-order valence-corrected chi connectivity index (χ3v) is 7.01. The second kappa shape index (κ2) is 8.34. The lowest BCUT2D eigenvalue weighted by Gasteiger charge is -2.11. The van der Waals surface area contributed by atoms with Gasteiger partial charge < -0.3 is 0 Å². The zero-order chi connectivity index (χ0) is 22.4. The maximum absolute atomic E-state index is 12.8. The topological polar surface area (TPSA) is 50.3 Å². The number of thiazole rings is 1. The van der Waals surface area contributed by atoms with E-state index in [9.17, 15) is 9.59 Å². The zero-order valence-electron chi connectivity index (χ0n) is 16.3. The Morgan fingerprint density at radius 3 is 2.03 bits per heavy atom. The van der Waals surface area contributed by atoms with Gasteiger partial charge in [-0.2, -0.15) is 0 Å². The molecule has 2 amide bonds. The third kappa shape index (κ3) is 3.71. The van der Waals surface area contributed by atoms with Gasteiger partial charge in [-0.05, 0) is 36.4 Å². The highest BCUT2D eigenvalue weighted by Gasteiger charge is 2.36.